The van der Waals surface area contributed by atoms with Crippen molar-refractivity contribution in [3.05, 3.63) is 331 Å². The number of ether oxygens (including phenoxy) is 7. The van der Waals surface area contributed by atoms with E-state index < -0.39 is 107 Å². The smallest absolute Gasteiger partial charge is 0.417 e. The van der Waals surface area contributed by atoms with E-state index in [1.54, 1.807) is 145 Å². The number of carboxylic acid groups (broad SMARTS) is 5. The van der Waals surface area contributed by atoms with Gasteiger partial charge in [0.2, 0.25) is 40.7 Å². The molecule has 0 aliphatic carbocycles. The van der Waals surface area contributed by atoms with Gasteiger partial charge in [0, 0.05) is 6.20 Å². The van der Waals surface area contributed by atoms with Crippen LogP contribution in [-0.2, 0) is 86.9 Å². The Kier molecular flexibility index (Phi) is 48.9. The third-order valence-corrected chi connectivity index (χ3v) is 23.0. The normalized spacial score (nSPS) is 13.4. The Balaban J connectivity index is 0.000000283. The number of aromatic carboxylic acids is 5. The fourth-order valence-electron chi connectivity index (χ4n) is 14.0. The quantitative estimate of drug-likeness (QED) is 0.0158. The second kappa shape index (κ2) is 59.2. The van der Waals surface area contributed by atoms with Crippen molar-refractivity contribution >= 4 is 70.6 Å². The minimum Gasteiger partial charge on any atom is -0.478 e. The molecule has 40 heteroatoms. The molecule has 10 aromatic rings. The highest BCUT2D eigenvalue weighted by atomic mass is 32.3. The van der Waals surface area contributed by atoms with Crippen LogP contribution in [0, 0.1) is 40.9 Å². The number of benzene rings is 9. The highest BCUT2D eigenvalue weighted by molar-refractivity contribution is 8.20. The summed E-state index contributed by atoms with van der Waals surface area (Å²) in [7, 11) is 0. The van der Waals surface area contributed by atoms with E-state index >= 15 is 0 Å². The van der Waals surface area contributed by atoms with E-state index in [1.165, 1.54) is 103 Å². The van der Waals surface area contributed by atoms with Gasteiger partial charge in [-0.1, -0.05) is 178 Å². The number of nitriles is 1. The van der Waals surface area contributed by atoms with E-state index in [4.69, 9.17) is 54.5 Å². The molecule has 10 N–H and O–H groups in total. The molecule has 0 unspecified atom stereocenters. The number of carbonyl (C=O) groups is 10. The maximum atomic E-state index is 12.7. The zero-order chi connectivity index (χ0) is 110. The molecule has 0 bridgehead atoms. The van der Waals surface area contributed by atoms with Gasteiger partial charge in [-0.05, 0) is 236 Å². The van der Waals surface area contributed by atoms with E-state index in [9.17, 15) is 90.3 Å². The van der Waals surface area contributed by atoms with Crippen LogP contribution in [0.25, 0.3) is 0 Å². The molecule has 148 heavy (non-hydrogen) atoms. The lowest BCUT2D eigenvalue weighted by atomic mass is 10.0. The first-order valence-corrected chi connectivity index (χ1v) is 47.8. The number of aromatic nitrogens is 1. The first kappa shape index (κ1) is 122. The summed E-state index contributed by atoms with van der Waals surface area (Å²) < 4.78 is 163. The molecule has 1 heterocycles. The Hall–Kier alpha value is -14.6. The highest BCUT2D eigenvalue weighted by Gasteiger charge is 2.34. The second-order valence-electron chi connectivity index (χ2n) is 35.6. The Labute approximate surface area is 852 Å². The van der Waals surface area contributed by atoms with Crippen LogP contribution in [0.3, 0.4) is 0 Å². The molecule has 0 aliphatic heterocycles. The Morgan fingerprint density at radius 1 is 0.331 bits per heavy atom. The van der Waals surface area contributed by atoms with Gasteiger partial charge in [0.25, 0.3) is 0 Å². The highest BCUT2D eigenvalue weighted by Crippen LogP contribution is 2.60. The molecule has 0 fully saturated rings. The van der Waals surface area contributed by atoms with Crippen LogP contribution in [0.1, 0.15) is 253 Å². The van der Waals surface area contributed by atoms with Gasteiger partial charge in [-0.15, -0.1) is 11.7 Å². The summed E-state index contributed by atoms with van der Waals surface area (Å²) in [5.74, 6) is -7.23. The number of pyridine rings is 1. The standard InChI is InChI=1S/2C22H25F2NO5.C22H24N2O4.C21H23F3N2O4.C21H24F3NO4S/c1-13(2)19(29-12-15-4-10-18(11-5-15)30-22(23)24)20(26)25-14(3)16-6-8-17(9-7-16)21(27)28;1-13(2)19(29-12-15-5-4-6-18(11-15)30-22(23)24)20(26)25-14(3)16-7-9-17(10-8-16)21(27)28;1-14(2)20(28-13-17-6-4-5-16(11-17)12-23)21(25)24-15(3)18-7-9-19(10-8-18)22(26)27;1-12(2)18(30-11-17-9-8-16(10-25-17)21(22,23)24)19(27)26-13(3)14-4-6-15(7-5-14)20(28)29;1-13(2)19(29-12-15-4-10-18(11-5-15)30(22,23)24)20(26)25-14(3)16-6-8-17(9-7-16)21(27)28/h2*4-11,13-14,19,22H,12H2,1-3H3,(H,25,26)(H,27,28);4-11,14-15,20H,13H2,1-3H3,(H,24,25)(H,26,27);4-10,12-13,18H,11H2,1-3H3,(H,26,27)(H,28,29);4-11,13-14,19H,12H2,1-3H3,(H,25,26)(H,27,28)/t2*14-,19+;15-,20+;13-,18+;14-,19+/m00000/s1. The molecule has 1 aromatic heterocycles. The maximum Gasteiger partial charge on any atom is 0.417 e. The van der Waals surface area contributed by atoms with Crippen LogP contribution in [0.15, 0.2) is 242 Å². The lowest BCUT2D eigenvalue weighted by Crippen LogP contribution is -2.40. The number of hydrogen-bond acceptors (Lipinski definition) is 19. The van der Waals surface area contributed by atoms with Crippen LogP contribution in [0.4, 0.5) is 42.4 Å². The van der Waals surface area contributed by atoms with Gasteiger partial charge in [0.1, 0.15) is 42.0 Å². The van der Waals surface area contributed by atoms with Crippen LogP contribution < -0.4 is 36.1 Å². The fraction of sp³-hybridized carbons (Fsp3) is 0.352. The van der Waals surface area contributed by atoms with Gasteiger partial charge in [-0.25, -0.2) is 24.0 Å². The summed E-state index contributed by atoms with van der Waals surface area (Å²) >= 11 is -5.26. The van der Waals surface area contributed by atoms with Gasteiger partial charge in [-0.3, -0.25) is 29.0 Å². The molecule has 0 spiro atoms. The number of alkyl halides is 7. The van der Waals surface area contributed by atoms with Gasteiger partial charge in [-0.2, -0.15) is 36.0 Å². The average molecular weight is 2090 g/mol. The SMILES string of the molecule is CC(C)[C@@H](OCc1ccc(C(F)(F)F)cn1)C(=O)N[C@@H](C)c1ccc(C(=O)O)cc1.CC(C)[C@@H](OCc1ccc(OC(F)F)cc1)C(=O)N[C@@H](C)c1ccc(C(=O)O)cc1.CC(C)[C@@H](OCc1ccc(S(F)(F)F)cc1)C(=O)N[C@@H](C)c1ccc(C(=O)O)cc1.CC(C)[C@@H](OCc1cccc(C#N)c1)C(=O)N[C@@H](C)c1ccc(C(=O)O)cc1.CC(C)[C@@H](OCc1cccc(OC(F)F)c1)C(=O)N[C@@H](C)c1ccc(C(=O)O)cc1. The fourth-order valence-corrected chi connectivity index (χ4v) is 14.4. The van der Waals surface area contributed by atoms with Crippen molar-refractivity contribution in [2.75, 3.05) is 0 Å². The largest absolute Gasteiger partial charge is 0.478 e. The van der Waals surface area contributed by atoms with E-state index in [0.717, 1.165) is 57.8 Å². The van der Waals surface area contributed by atoms with Crippen LogP contribution in [0.5, 0.6) is 11.5 Å². The number of rotatable bonds is 45. The van der Waals surface area contributed by atoms with Crippen molar-refractivity contribution in [3.63, 3.8) is 0 Å². The summed E-state index contributed by atoms with van der Waals surface area (Å²) in [5, 5.41) is 68.1. The maximum absolute atomic E-state index is 12.7. The third-order valence-electron chi connectivity index (χ3n) is 22.2. The second-order valence-corrected chi connectivity index (χ2v) is 36.9. The molecule has 0 saturated carbocycles. The molecule has 796 valence electrons. The molecule has 9 aromatic carbocycles. The molecule has 0 saturated heterocycles. The average Bonchev–Trinajstić information content (AvgIpc) is 0.859. The number of nitrogens with one attached hydrogen (secondary N) is 5. The van der Waals surface area contributed by atoms with Crippen LogP contribution in [0.2, 0.25) is 0 Å². The summed E-state index contributed by atoms with van der Waals surface area (Å²) in [4.78, 5) is 121. The first-order chi connectivity index (χ1) is 69.6. The predicted molar refractivity (Wildman–Crippen MR) is 529 cm³/mol. The van der Waals surface area contributed by atoms with Crippen LogP contribution in [-0.4, -0.2) is 134 Å². The van der Waals surface area contributed by atoms with Crippen molar-refractivity contribution in [2.45, 2.75) is 222 Å². The molecular weight excluding hydrogens is 1970 g/mol. The van der Waals surface area contributed by atoms with E-state index in [1.807, 2.05) is 68.4 Å². The van der Waals surface area contributed by atoms with Crippen molar-refractivity contribution < 1.29 is 149 Å². The van der Waals surface area contributed by atoms with E-state index in [0.29, 0.717) is 22.3 Å². The molecule has 0 aliphatic rings. The Morgan fingerprint density at radius 2 is 0.595 bits per heavy atom. The van der Waals surface area contributed by atoms with Gasteiger partial charge in [0.05, 0.1) is 119 Å². The van der Waals surface area contributed by atoms with Crippen molar-refractivity contribution in [1.82, 2.24) is 31.6 Å². The molecule has 0 radical (unpaired) electrons. The number of amides is 5. The molecule has 29 nitrogen and oxygen atoms in total. The van der Waals surface area contributed by atoms with Crippen molar-refractivity contribution in [3.8, 4) is 17.6 Å². The zero-order valence-electron chi connectivity index (χ0n) is 83.6. The molecule has 5 amide bonds. The summed E-state index contributed by atoms with van der Waals surface area (Å²) in [6.45, 7) is 21.9. The third kappa shape index (κ3) is 41.4. The van der Waals surface area contributed by atoms with Gasteiger partial charge >= 0.3 is 49.2 Å². The number of nitrogens with zero attached hydrogens (tertiary/aromatic N) is 2. The number of carbonyl (C=O) groups excluding carboxylic acids is 5. The summed E-state index contributed by atoms with van der Waals surface area (Å²) in [5.41, 5.74) is 7.28. The lowest BCUT2D eigenvalue weighted by Gasteiger charge is -2.24. The minimum atomic E-state index is -5.26. The Bertz CT molecular complexity index is 5840. The summed E-state index contributed by atoms with van der Waals surface area (Å²) in [6, 6.07) is 57.7. The Morgan fingerprint density at radius 3 is 0.845 bits per heavy atom. The molecule has 10 atom stereocenters. The number of hydrogen-bond donors (Lipinski definition) is 10. The topological polar surface area (TPSA) is 433 Å². The van der Waals surface area contributed by atoms with Crippen molar-refractivity contribution in [2.24, 2.45) is 29.6 Å². The zero-order valence-corrected chi connectivity index (χ0v) is 84.4. The van der Waals surface area contributed by atoms with Crippen LogP contribution >= 0.6 is 11.2 Å². The van der Waals surface area contributed by atoms with E-state index in [-0.39, 0.29) is 161 Å². The van der Waals surface area contributed by atoms with Gasteiger partial charge in [0.15, 0.2) is 0 Å². The first-order valence-electron chi connectivity index (χ1n) is 46.5. The van der Waals surface area contributed by atoms with Gasteiger partial charge < -0.3 is 85.3 Å². The van der Waals surface area contributed by atoms with Crippen molar-refractivity contribution in [1.29, 1.82) is 5.26 Å². The summed E-state index contributed by atoms with van der Waals surface area (Å²) in [6.07, 6.45) is -7.49. The lowest BCUT2D eigenvalue weighted by molar-refractivity contribution is -0.138. The predicted octanol–water partition coefficient (Wildman–Crippen LogP) is 22.3. The molecular formula is C108H121F10N7O22S. The number of halogens is 10. The minimum absolute atomic E-state index is 0.00538. The van der Waals surface area contributed by atoms with E-state index in [2.05, 4.69) is 47.1 Å². The number of carboxylic acids is 5. The monoisotopic (exact) mass is 2090 g/mol. The molecule has 10 rings (SSSR count).